The molecule has 15 heavy (non-hydrogen) atoms. The van der Waals surface area contributed by atoms with Crippen molar-refractivity contribution in [2.75, 3.05) is 13.2 Å². The second kappa shape index (κ2) is 3.39. The molecule has 0 aromatic heterocycles. The highest BCUT2D eigenvalue weighted by Crippen LogP contribution is 2.44. The van der Waals surface area contributed by atoms with Crippen LogP contribution in [-0.2, 0) is 14.2 Å². The van der Waals surface area contributed by atoms with Crippen LogP contribution in [0, 0.1) is 11.8 Å². The fourth-order valence-electron chi connectivity index (χ4n) is 2.94. The van der Waals surface area contributed by atoms with E-state index in [1.165, 1.54) is 0 Å². The zero-order valence-corrected chi connectivity index (χ0v) is 8.59. The van der Waals surface area contributed by atoms with Gasteiger partial charge in [-0.3, -0.25) is 0 Å². The topological polar surface area (TPSA) is 47.9 Å². The Morgan fingerprint density at radius 1 is 1.13 bits per heavy atom. The third-order valence-corrected chi connectivity index (χ3v) is 3.62. The molecule has 1 N–H and O–H groups in total. The number of ether oxygens (including phenoxy) is 3. The standard InChI is InChI=1S/C11H16O4/c12-10-3-8-5-11(14-1-2-15-11)9(4-10)7-13-6-8/h1-2,8-10,12H,3-7H2. The Labute approximate surface area is 88.8 Å². The van der Waals surface area contributed by atoms with Crippen LogP contribution >= 0.6 is 0 Å². The Hall–Kier alpha value is -0.740. The van der Waals surface area contributed by atoms with Crippen LogP contribution < -0.4 is 0 Å². The Morgan fingerprint density at radius 2 is 1.93 bits per heavy atom. The second-order valence-electron chi connectivity index (χ2n) is 4.75. The van der Waals surface area contributed by atoms with Crippen molar-refractivity contribution in [1.29, 1.82) is 0 Å². The summed E-state index contributed by atoms with van der Waals surface area (Å²) in [6.07, 6.45) is 5.29. The largest absolute Gasteiger partial charge is 0.456 e. The summed E-state index contributed by atoms with van der Waals surface area (Å²) in [5, 5.41) is 9.85. The maximum atomic E-state index is 9.85. The molecule has 1 saturated heterocycles. The molecule has 3 unspecified atom stereocenters. The quantitative estimate of drug-likeness (QED) is 0.651. The summed E-state index contributed by atoms with van der Waals surface area (Å²) >= 11 is 0. The third kappa shape index (κ3) is 1.52. The maximum absolute atomic E-state index is 9.85. The number of rotatable bonds is 0. The number of hydrogen-bond acceptors (Lipinski definition) is 4. The van der Waals surface area contributed by atoms with Gasteiger partial charge in [-0.25, -0.2) is 0 Å². The normalized spacial score (nSPS) is 42.1. The molecule has 2 heterocycles. The van der Waals surface area contributed by atoms with Crippen molar-refractivity contribution in [3.8, 4) is 0 Å². The maximum Gasteiger partial charge on any atom is 0.255 e. The summed E-state index contributed by atoms with van der Waals surface area (Å²) < 4.78 is 16.9. The van der Waals surface area contributed by atoms with E-state index in [4.69, 9.17) is 14.2 Å². The van der Waals surface area contributed by atoms with Gasteiger partial charge >= 0.3 is 0 Å². The van der Waals surface area contributed by atoms with Gasteiger partial charge in [0.25, 0.3) is 5.79 Å². The highest BCUT2D eigenvalue weighted by Gasteiger charge is 2.51. The molecule has 0 amide bonds. The van der Waals surface area contributed by atoms with Crippen LogP contribution in [0.4, 0.5) is 0 Å². The fraction of sp³-hybridized carbons (Fsp3) is 0.818. The minimum atomic E-state index is -0.557. The minimum Gasteiger partial charge on any atom is -0.456 e. The molecule has 3 rings (SSSR count). The summed E-state index contributed by atoms with van der Waals surface area (Å²) in [6.45, 7) is 1.33. The number of aliphatic hydroxyl groups is 1. The predicted octanol–water partition coefficient (Wildman–Crippen LogP) is 1.01. The first-order valence-electron chi connectivity index (χ1n) is 5.55. The molecule has 4 nitrogen and oxygen atoms in total. The van der Waals surface area contributed by atoms with Crippen LogP contribution in [0.25, 0.3) is 0 Å². The molecule has 0 aromatic carbocycles. The molecule has 0 radical (unpaired) electrons. The minimum absolute atomic E-state index is 0.134. The highest BCUT2D eigenvalue weighted by molar-refractivity contribution is 4.96. The molecule has 2 fully saturated rings. The average molecular weight is 212 g/mol. The van der Waals surface area contributed by atoms with Crippen molar-refractivity contribution in [2.24, 2.45) is 11.8 Å². The van der Waals surface area contributed by atoms with Gasteiger partial charge in [0.2, 0.25) is 0 Å². The first-order valence-corrected chi connectivity index (χ1v) is 5.55. The lowest BCUT2D eigenvalue weighted by Crippen LogP contribution is -2.41. The molecular formula is C11H16O4. The molecule has 3 atom stereocenters. The number of aliphatic hydroxyl groups excluding tert-OH is 1. The molecule has 2 bridgehead atoms. The summed E-state index contributed by atoms with van der Waals surface area (Å²) in [5.74, 6) is -0.0825. The van der Waals surface area contributed by atoms with Crippen molar-refractivity contribution >= 4 is 0 Å². The average Bonchev–Trinajstić information content (AvgIpc) is 2.50. The monoisotopic (exact) mass is 212 g/mol. The molecule has 0 aromatic rings. The Balaban J connectivity index is 1.89. The van der Waals surface area contributed by atoms with Crippen molar-refractivity contribution in [3.63, 3.8) is 0 Å². The van der Waals surface area contributed by atoms with Gasteiger partial charge in [0, 0.05) is 13.0 Å². The first kappa shape index (κ1) is 9.48. The van der Waals surface area contributed by atoms with Gasteiger partial charge in [0.1, 0.15) is 12.5 Å². The summed E-state index contributed by atoms with van der Waals surface area (Å²) in [4.78, 5) is 0. The van der Waals surface area contributed by atoms with Crippen LogP contribution in [0.5, 0.6) is 0 Å². The number of hydrogen-bond donors (Lipinski definition) is 1. The van der Waals surface area contributed by atoms with Crippen LogP contribution in [0.1, 0.15) is 19.3 Å². The smallest absolute Gasteiger partial charge is 0.255 e. The Kier molecular flexibility index (Phi) is 2.14. The van der Waals surface area contributed by atoms with Crippen molar-refractivity contribution in [1.82, 2.24) is 0 Å². The van der Waals surface area contributed by atoms with Gasteiger partial charge in [-0.15, -0.1) is 0 Å². The van der Waals surface area contributed by atoms with Gasteiger partial charge in [-0.05, 0) is 18.8 Å². The van der Waals surface area contributed by atoms with Gasteiger partial charge in [-0.1, -0.05) is 0 Å². The molecular weight excluding hydrogens is 196 g/mol. The van der Waals surface area contributed by atoms with Gasteiger partial charge in [-0.2, -0.15) is 0 Å². The van der Waals surface area contributed by atoms with Crippen molar-refractivity contribution in [3.05, 3.63) is 12.5 Å². The lowest BCUT2D eigenvalue weighted by Gasteiger charge is -2.33. The second-order valence-corrected chi connectivity index (χ2v) is 4.75. The first-order chi connectivity index (χ1) is 7.28. The van der Waals surface area contributed by atoms with Gasteiger partial charge < -0.3 is 19.3 Å². The molecule has 3 aliphatic rings. The third-order valence-electron chi connectivity index (χ3n) is 3.62. The lowest BCUT2D eigenvalue weighted by molar-refractivity contribution is -0.191. The Morgan fingerprint density at radius 3 is 2.73 bits per heavy atom. The molecule has 4 heteroatoms. The van der Waals surface area contributed by atoms with E-state index in [9.17, 15) is 5.11 Å². The zero-order valence-electron chi connectivity index (χ0n) is 8.59. The van der Waals surface area contributed by atoms with E-state index in [0.29, 0.717) is 25.6 Å². The van der Waals surface area contributed by atoms with E-state index in [2.05, 4.69) is 0 Å². The van der Waals surface area contributed by atoms with E-state index in [1.54, 1.807) is 12.5 Å². The van der Waals surface area contributed by atoms with E-state index < -0.39 is 5.79 Å². The van der Waals surface area contributed by atoms with Crippen LogP contribution in [-0.4, -0.2) is 30.2 Å². The Bertz CT molecular complexity index is 268. The van der Waals surface area contributed by atoms with Crippen LogP contribution in [0.2, 0.25) is 0 Å². The van der Waals surface area contributed by atoms with Gasteiger partial charge in [0.15, 0.2) is 0 Å². The highest BCUT2D eigenvalue weighted by atomic mass is 16.7. The zero-order chi connectivity index (χ0) is 10.3. The van der Waals surface area contributed by atoms with E-state index in [-0.39, 0.29) is 12.0 Å². The summed E-state index contributed by atoms with van der Waals surface area (Å²) in [6, 6.07) is 0. The SMILES string of the molecule is OC1CC2COCC(C1)C1(C2)OC=CO1. The molecule has 2 aliphatic heterocycles. The summed E-state index contributed by atoms with van der Waals surface area (Å²) in [7, 11) is 0. The molecule has 1 spiro atoms. The summed E-state index contributed by atoms with van der Waals surface area (Å²) in [5.41, 5.74) is 0. The number of fused-ring (bicyclic) bond motifs is 1. The molecule has 1 aliphatic carbocycles. The van der Waals surface area contributed by atoms with E-state index in [1.807, 2.05) is 0 Å². The van der Waals surface area contributed by atoms with E-state index in [0.717, 1.165) is 12.8 Å². The van der Waals surface area contributed by atoms with Crippen LogP contribution in [0.3, 0.4) is 0 Å². The van der Waals surface area contributed by atoms with Crippen molar-refractivity contribution in [2.45, 2.75) is 31.2 Å². The lowest BCUT2D eigenvalue weighted by atomic mass is 9.92. The van der Waals surface area contributed by atoms with Crippen molar-refractivity contribution < 1.29 is 19.3 Å². The van der Waals surface area contributed by atoms with Gasteiger partial charge in [0.05, 0.1) is 18.6 Å². The molecule has 84 valence electrons. The van der Waals surface area contributed by atoms with E-state index >= 15 is 0 Å². The van der Waals surface area contributed by atoms with Crippen LogP contribution in [0.15, 0.2) is 12.5 Å². The molecule has 1 saturated carbocycles. The fourth-order valence-corrected chi connectivity index (χ4v) is 2.94. The predicted molar refractivity (Wildman–Crippen MR) is 51.7 cm³/mol.